The van der Waals surface area contributed by atoms with Crippen LogP contribution in [0.3, 0.4) is 0 Å². The fraction of sp³-hybridized carbons (Fsp3) is 0.792. The number of aliphatic hydroxyl groups excluding tert-OH is 10. The summed E-state index contributed by atoms with van der Waals surface area (Å²) in [5, 5.41) is 103. The molecule has 0 saturated carbocycles. The summed E-state index contributed by atoms with van der Waals surface area (Å²) in [5.41, 5.74) is 5.28. The topological polar surface area (TPSA) is 448 Å². The molecule has 11 amide bonds. The van der Waals surface area contributed by atoms with Gasteiger partial charge in [0.1, 0.15) is 0 Å². The Morgan fingerprint density at radius 1 is 0.235 bits per heavy atom. The largest absolute Gasteiger partial charge is 0.392 e. The molecule has 0 fully saturated rings. The van der Waals surface area contributed by atoms with Crippen LogP contribution in [0.4, 0.5) is 0 Å². The molecule has 490 valence electrons. The zero-order chi connectivity index (χ0) is 65.7. The highest BCUT2D eigenvalue weighted by molar-refractivity contribution is 5.94. The molecule has 0 saturated heterocycles. The van der Waals surface area contributed by atoms with Crippen LogP contribution in [0.1, 0.15) is 82.6 Å². The SMILES string of the molecule is CCC(=O)N(CC(=O)N(CC(=O)N(CC(=O)N(CC(=O)N(CC(=O)N(CC(=O)N(CC(=O)N(CC(=O)N(CC(=O)N(CC(N)=O)CC(C)O)CC(C)O)CC(C)O)CC(C)O)CC(C)O)CC(C)O)CC(C)O)CC(C)O)CC(C)O)CC(C)O. The van der Waals surface area contributed by atoms with Crippen LogP contribution in [0.5, 0.6) is 0 Å². The number of amides is 11. The second-order valence-electron chi connectivity index (χ2n) is 22.1. The lowest BCUT2D eigenvalue weighted by Crippen LogP contribution is -2.55. The highest BCUT2D eigenvalue weighted by atomic mass is 16.3. The molecule has 0 rings (SSSR count). The van der Waals surface area contributed by atoms with Gasteiger partial charge in [-0.05, 0) is 69.2 Å². The zero-order valence-corrected chi connectivity index (χ0v) is 51.1. The van der Waals surface area contributed by atoms with Gasteiger partial charge in [0.05, 0.1) is 126 Å². The van der Waals surface area contributed by atoms with Crippen LogP contribution in [0.2, 0.25) is 0 Å². The first-order valence-corrected chi connectivity index (χ1v) is 28.1. The van der Waals surface area contributed by atoms with Crippen molar-refractivity contribution in [3.8, 4) is 0 Å². The van der Waals surface area contributed by atoms with Crippen LogP contribution in [-0.2, 0) is 52.7 Å². The molecule has 0 aliphatic carbocycles. The number of carbonyl (C=O) groups is 11. The van der Waals surface area contributed by atoms with Crippen molar-refractivity contribution in [1.82, 2.24) is 49.0 Å². The van der Waals surface area contributed by atoms with Crippen molar-refractivity contribution in [3.05, 3.63) is 0 Å². The summed E-state index contributed by atoms with van der Waals surface area (Å²) in [6.45, 7) is 1.87. The summed E-state index contributed by atoms with van der Waals surface area (Å²) in [5.74, 6) is -9.92. The molecule has 0 aromatic heterocycles. The number of hydrogen-bond acceptors (Lipinski definition) is 21. The monoisotopic (exact) mass is 1220 g/mol. The molecule has 0 heterocycles. The number of rotatable bonds is 41. The van der Waals surface area contributed by atoms with Crippen molar-refractivity contribution in [2.24, 2.45) is 5.73 Å². The van der Waals surface area contributed by atoms with Crippen LogP contribution in [0.15, 0.2) is 0 Å². The number of nitrogens with two attached hydrogens (primary N) is 1. The van der Waals surface area contributed by atoms with E-state index in [9.17, 15) is 104 Å². The van der Waals surface area contributed by atoms with E-state index in [1.807, 2.05) is 0 Å². The first-order chi connectivity index (χ1) is 39.3. The fourth-order valence-electron chi connectivity index (χ4n) is 8.52. The average Bonchev–Trinajstić information content (AvgIpc) is 3.55. The van der Waals surface area contributed by atoms with E-state index in [2.05, 4.69) is 0 Å². The van der Waals surface area contributed by atoms with E-state index in [0.717, 1.165) is 49.0 Å². The lowest BCUT2D eigenvalue weighted by atomic mass is 10.2. The molecule has 10 atom stereocenters. The number of nitrogens with zero attached hydrogens (tertiary/aromatic N) is 10. The second-order valence-corrected chi connectivity index (χ2v) is 22.1. The number of carbonyl (C=O) groups excluding carboxylic acids is 11. The summed E-state index contributed by atoms with van der Waals surface area (Å²) in [6.07, 6.45) is -12.4. The highest BCUT2D eigenvalue weighted by Crippen LogP contribution is 2.11. The Morgan fingerprint density at radius 2 is 0.341 bits per heavy atom. The van der Waals surface area contributed by atoms with E-state index in [-0.39, 0.29) is 19.5 Å². The molecule has 0 aliphatic heterocycles. The van der Waals surface area contributed by atoms with Gasteiger partial charge < -0.3 is 106 Å². The molecular weight excluding hydrogens is 1130 g/mol. The molecule has 10 unspecified atom stereocenters. The lowest BCUT2D eigenvalue weighted by molar-refractivity contribution is -0.151. The highest BCUT2D eigenvalue weighted by Gasteiger charge is 2.34. The summed E-state index contributed by atoms with van der Waals surface area (Å²) in [7, 11) is 0. The lowest BCUT2D eigenvalue weighted by Gasteiger charge is -2.34. The minimum Gasteiger partial charge on any atom is -0.392 e. The van der Waals surface area contributed by atoms with Gasteiger partial charge in [0, 0.05) is 71.9 Å². The molecule has 0 spiro atoms. The summed E-state index contributed by atoms with van der Waals surface area (Å²) in [4.78, 5) is 158. The molecule has 32 heteroatoms. The summed E-state index contributed by atoms with van der Waals surface area (Å²) >= 11 is 0. The third-order valence-electron chi connectivity index (χ3n) is 12.0. The molecule has 0 bridgehead atoms. The van der Waals surface area contributed by atoms with Crippen molar-refractivity contribution in [3.63, 3.8) is 0 Å². The maximum atomic E-state index is 14.2. The van der Waals surface area contributed by atoms with Crippen LogP contribution >= 0.6 is 0 Å². The standard InChI is InChI=1S/C53H97N11O21/c1-12-44(76)56(14-34(3)66)24-46(78)58(16-36(5)68)26-48(80)60(18-38(7)70)28-50(82)62(20-40(9)72)30-52(84)64(22-42(11)74)32-53(85)63(21-41(10)73)31-51(83)61(19-39(8)71)29-49(81)59(17-37(6)69)27-47(79)57(15-35(4)67)25-45(77)55(13-33(2)65)23-43(54)75/h33-42,65-74H,12-32H2,1-11H3,(H2,54,75). The molecule has 32 nitrogen and oxygen atoms in total. The van der Waals surface area contributed by atoms with Gasteiger partial charge in [-0.25, -0.2) is 0 Å². The second kappa shape index (κ2) is 39.5. The maximum absolute atomic E-state index is 14.2. The summed E-state index contributed by atoms with van der Waals surface area (Å²) in [6, 6.07) is 0. The number of primary amides is 1. The van der Waals surface area contributed by atoms with Crippen molar-refractivity contribution in [2.75, 3.05) is 131 Å². The van der Waals surface area contributed by atoms with Gasteiger partial charge in [0.2, 0.25) is 65.0 Å². The van der Waals surface area contributed by atoms with Gasteiger partial charge in [-0.2, -0.15) is 0 Å². The van der Waals surface area contributed by atoms with Crippen LogP contribution < -0.4 is 5.73 Å². The van der Waals surface area contributed by atoms with Gasteiger partial charge in [0.15, 0.2) is 0 Å². The molecule has 12 N–H and O–H groups in total. The van der Waals surface area contributed by atoms with Crippen LogP contribution in [0, 0.1) is 0 Å². The van der Waals surface area contributed by atoms with Gasteiger partial charge in [0.25, 0.3) is 0 Å². The van der Waals surface area contributed by atoms with E-state index in [0.29, 0.717) is 0 Å². The minimum atomic E-state index is -1.33. The molecule has 85 heavy (non-hydrogen) atoms. The van der Waals surface area contributed by atoms with E-state index in [4.69, 9.17) is 5.73 Å². The van der Waals surface area contributed by atoms with Crippen molar-refractivity contribution >= 4 is 65.0 Å². The van der Waals surface area contributed by atoms with E-state index >= 15 is 0 Å². The molecular formula is C53H97N11O21. The Morgan fingerprint density at radius 3 is 0.435 bits per heavy atom. The van der Waals surface area contributed by atoms with Crippen LogP contribution in [0.25, 0.3) is 0 Å². The maximum Gasteiger partial charge on any atom is 0.242 e. The third-order valence-corrected chi connectivity index (χ3v) is 12.0. The predicted molar refractivity (Wildman–Crippen MR) is 302 cm³/mol. The average molecular weight is 1220 g/mol. The Hall–Kier alpha value is -6.23. The molecule has 0 aliphatic rings. The van der Waals surface area contributed by atoms with Crippen molar-refractivity contribution in [2.45, 2.75) is 144 Å². The Kier molecular flexibility index (Phi) is 36.6. The summed E-state index contributed by atoms with van der Waals surface area (Å²) < 4.78 is 0. The van der Waals surface area contributed by atoms with Gasteiger partial charge in [-0.1, -0.05) is 6.92 Å². The van der Waals surface area contributed by atoms with Crippen molar-refractivity contribution in [1.29, 1.82) is 0 Å². The van der Waals surface area contributed by atoms with Crippen molar-refractivity contribution < 1.29 is 104 Å². The normalized spacial score (nSPS) is 14.8. The Labute approximate surface area is 496 Å². The van der Waals surface area contributed by atoms with Gasteiger partial charge in [-0.15, -0.1) is 0 Å². The number of aliphatic hydroxyl groups is 10. The third kappa shape index (κ3) is 33.3. The zero-order valence-electron chi connectivity index (χ0n) is 51.1. The van der Waals surface area contributed by atoms with E-state index in [1.165, 1.54) is 69.2 Å². The fourth-order valence-corrected chi connectivity index (χ4v) is 8.52. The van der Waals surface area contributed by atoms with Gasteiger partial charge in [-0.3, -0.25) is 52.7 Å². The molecule has 0 radical (unpaired) electrons. The van der Waals surface area contributed by atoms with Gasteiger partial charge >= 0.3 is 0 Å². The first kappa shape index (κ1) is 78.8. The quantitative estimate of drug-likeness (QED) is 0.0271. The number of hydrogen-bond donors (Lipinski definition) is 11. The molecule has 0 aromatic rings. The van der Waals surface area contributed by atoms with E-state index < -0.39 is 244 Å². The predicted octanol–water partition coefficient (Wildman–Crippen LogP) is -8.02. The minimum absolute atomic E-state index is 0.0172. The molecule has 0 aromatic carbocycles. The first-order valence-electron chi connectivity index (χ1n) is 28.1. The Bertz CT molecular complexity index is 2160. The van der Waals surface area contributed by atoms with Crippen LogP contribution in [-0.4, -0.2) is 357 Å². The Balaban J connectivity index is 6.89. The van der Waals surface area contributed by atoms with E-state index in [1.54, 1.807) is 6.92 Å². The smallest absolute Gasteiger partial charge is 0.242 e.